The molecule has 0 fully saturated rings. The number of anilines is 1. The molecular formula is C16H10BrClN4O3. The Kier molecular flexibility index (Phi) is 5.11. The molecule has 1 N–H and O–H groups in total. The first-order valence-electron chi connectivity index (χ1n) is 6.98. The maximum absolute atomic E-state index is 10.9. The summed E-state index contributed by atoms with van der Waals surface area (Å²) in [6.07, 6.45) is 2.84. The van der Waals surface area contributed by atoms with Crippen molar-refractivity contribution in [3.63, 3.8) is 0 Å². The van der Waals surface area contributed by atoms with Gasteiger partial charge in [0.15, 0.2) is 0 Å². The van der Waals surface area contributed by atoms with Crippen LogP contribution in [0.1, 0.15) is 5.76 Å². The maximum Gasteiger partial charge on any atom is 0.313 e. The molecular weight excluding hydrogens is 412 g/mol. The number of pyridine rings is 1. The molecule has 0 aliphatic carbocycles. The second kappa shape index (κ2) is 7.45. The van der Waals surface area contributed by atoms with Gasteiger partial charge in [-0.15, -0.1) is 0 Å². The third-order valence-corrected chi connectivity index (χ3v) is 4.41. The summed E-state index contributed by atoms with van der Waals surface area (Å²) >= 11 is 9.41. The van der Waals surface area contributed by atoms with Crippen LogP contribution in [0.4, 0.5) is 11.5 Å². The summed E-state index contributed by atoms with van der Waals surface area (Å²) in [6.45, 7) is 0. The molecule has 0 atom stereocenters. The van der Waals surface area contributed by atoms with Crippen LogP contribution in [0.5, 0.6) is 0 Å². The van der Waals surface area contributed by atoms with Crippen molar-refractivity contribution in [2.24, 2.45) is 5.10 Å². The SMILES string of the molecule is O=[N+]([O-])c1cccnc1N/N=C\c1ccc(-c2ccc(Br)c(Cl)c2)o1. The van der Waals surface area contributed by atoms with E-state index in [1.165, 1.54) is 24.5 Å². The van der Waals surface area contributed by atoms with Crippen molar-refractivity contribution in [3.05, 3.63) is 74.0 Å². The highest BCUT2D eigenvalue weighted by molar-refractivity contribution is 9.10. The maximum atomic E-state index is 10.9. The average Bonchev–Trinajstić information content (AvgIpc) is 3.06. The van der Waals surface area contributed by atoms with Crippen molar-refractivity contribution in [3.8, 4) is 11.3 Å². The highest BCUT2D eigenvalue weighted by atomic mass is 79.9. The summed E-state index contributed by atoms with van der Waals surface area (Å²) in [5.41, 5.74) is 3.20. The van der Waals surface area contributed by atoms with E-state index in [1.54, 1.807) is 18.2 Å². The van der Waals surface area contributed by atoms with Gasteiger partial charge >= 0.3 is 5.69 Å². The molecule has 126 valence electrons. The Labute approximate surface area is 155 Å². The molecule has 9 heteroatoms. The monoisotopic (exact) mass is 420 g/mol. The fourth-order valence-corrected chi connectivity index (χ4v) is 2.44. The lowest BCUT2D eigenvalue weighted by Crippen LogP contribution is -1.98. The number of nitrogens with one attached hydrogen (secondary N) is 1. The molecule has 2 heterocycles. The predicted octanol–water partition coefficient (Wildman–Crippen LogP) is 5.11. The minimum absolute atomic E-state index is 0.0511. The Morgan fingerprint density at radius 2 is 2.16 bits per heavy atom. The van der Waals surface area contributed by atoms with Crippen LogP contribution in [-0.2, 0) is 0 Å². The molecule has 0 aliphatic heterocycles. The Morgan fingerprint density at radius 3 is 2.92 bits per heavy atom. The molecule has 3 aromatic rings. The van der Waals surface area contributed by atoms with Gasteiger partial charge in [0.1, 0.15) is 11.5 Å². The van der Waals surface area contributed by atoms with E-state index in [1.807, 2.05) is 12.1 Å². The summed E-state index contributed by atoms with van der Waals surface area (Å²) in [4.78, 5) is 14.3. The van der Waals surface area contributed by atoms with Crippen LogP contribution < -0.4 is 5.43 Å². The van der Waals surface area contributed by atoms with Crippen LogP contribution in [0.3, 0.4) is 0 Å². The molecule has 0 amide bonds. The van der Waals surface area contributed by atoms with Gasteiger partial charge < -0.3 is 4.42 Å². The van der Waals surface area contributed by atoms with Gasteiger partial charge in [0.05, 0.1) is 16.2 Å². The van der Waals surface area contributed by atoms with Gasteiger partial charge in [0.25, 0.3) is 0 Å². The van der Waals surface area contributed by atoms with E-state index in [4.69, 9.17) is 16.0 Å². The first-order chi connectivity index (χ1) is 12.0. The quantitative estimate of drug-likeness (QED) is 0.351. The molecule has 0 radical (unpaired) electrons. The minimum atomic E-state index is -0.535. The number of halogens is 2. The van der Waals surface area contributed by atoms with Gasteiger partial charge in [-0.25, -0.2) is 4.98 Å². The lowest BCUT2D eigenvalue weighted by atomic mass is 10.2. The Bertz CT molecular complexity index is 958. The molecule has 2 aromatic heterocycles. The smallest absolute Gasteiger partial charge is 0.313 e. The lowest BCUT2D eigenvalue weighted by molar-refractivity contribution is -0.384. The number of hydrogen-bond acceptors (Lipinski definition) is 6. The van der Waals surface area contributed by atoms with Gasteiger partial charge in [0, 0.05) is 22.3 Å². The number of hydrazone groups is 1. The first kappa shape index (κ1) is 17.1. The highest BCUT2D eigenvalue weighted by Crippen LogP contribution is 2.29. The second-order valence-corrected chi connectivity index (χ2v) is 6.09. The predicted molar refractivity (Wildman–Crippen MR) is 99.0 cm³/mol. The summed E-state index contributed by atoms with van der Waals surface area (Å²) in [5, 5.41) is 15.4. The third-order valence-electron chi connectivity index (χ3n) is 3.18. The van der Waals surface area contributed by atoms with Gasteiger partial charge in [0.2, 0.25) is 5.82 Å². The van der Waals surface area contributed by atoms with E-state index in [0.29, 0.717) is 16.5 Å². The molecule has 0 spiro atoms. The Morgan fingerprint density at radius 1 is 1.32 bits per heavy atom. The normalized spacial score (nSPS) is 11.0. The summed E-state index contributed by atoms with van der Waals surface area (Å²) in [6, 6.07) is 11.8. The summed E-state index contributed by atoms with van der Waals surface area (Å²) in [7, 11) is 0. The number of nitrogens with zero attached hydrogens (tertiary/aromatic N) is 3. The molecule has 0 saturated carbocycles. The van der Waals surface area contributed by atoms with E-state index in [-0.39, 0.29) is 11.5 Å². The van der Waals surface area contributed by atoms with Gasteiger partial charge in [-0.2, -0.15) is 5.10 Å². The van der Waals surface area contributed by atoms with Crippen molar-refractivity contribution >= 4 is 45.3 Å². The van der Waals surface area contributed by atoms with Crippen LogP contribution in [0.15, 0.2) is 62.7 Å². The zero-order valence-corrected chi connectivity index (χ0v) is 14.9. The van der Waals surface area contributed by atoms with Crippen molar-refractivity contribution < 1.29 is 9.34 Å². The van der Waals surface area contributed by atoms with E-state index >= 15 is 0 Å². The zero-order chi connectivity index (χ0) is 17.8. The van der Waals surface area contributed by atoms with E-state index in [9.17, 15) is 10.1 Å². The zero-order valence-electron chi connectivity index (χ0n) is 12.5. The number of nitro groups is 1. The van der Waals surface area contributed by atoms with E-state index < -0.39 is 4.92 Å². The Balaban J connectivity index is 1.74. The number of benzene rings is 1. The fourth-order valence-electron chi connectivity index (χ4n) is 2.01. The highest BCUT2D eigenvalue weighted by Gasteiger charge is 2.13. The van der Waals surface area contributed by atoms with Crippen molar-refractivity contribution in [2.75, 3.05) is 5.43 Å². The summed E-state index contributed by atoms with van der Waals surface area (Å²) in [5.74, 6) is 1.15. The molecule has 0 aliphatic rings. The molecule has 0 unspecified atom stereocenters. The largest absolute Gasteiger partial charge is 0.455 e. The van der Waals surface area contributed by atoms with Crippen molar-refractivity contribution in [1.82, 2.24) is 4.98 Å². The molecule has 1 aromatic carbocycles. The number of hydrogen-bond donors (Lipinski definition) is 1. The van der Waals surface area contributed by atoms with Crippen LogP contribution in [0.2, 0.25) is 5.02 Å². The van der Waals surface area contributed by atoms with Crippen molar-refractivity contribution in [1.29, 1.82) is 0 Å². The average molecular weight is 422 g/mol. The lowest BCUT2D eigenvalue weighted by Gasteiger charge is -2.00. The van der Waals surface area contributed by atoms with Gasteiger partial charge in [-0.05, 0) is 46.3 Å². The van der Waals surface area contributed by atoms with Crippen LogP contribution in [0, 0.1) is 10.1 Å². The van der Waals surface area contributed by atoms with Crippen molar-refractivity contribution in [2.45, 2.75) is 0 Å². The third kappa shape index (κ3) is 4.04. The fraction of sp³-hybridized carbons (Fsp3) is 0. The number of furan rings is 1. The van der Waals surface area contributed by atoms with Crippen LogP contribution in [0.25, 0.3) is 11.3 Å². The number of aromatic nitrogens is 1. The van der Waals surface area contributed by atoms with Crippen LogP contribution in [-0.4, -0.2) is 16.1 Å². The summed E-state index contributed by atoms with van der Waals surface area (Å²) < 4.78 is 6.46. The van der Waals surface area contributed by atoms with Gasteiger partial charge in [-0.3, -0.25) is 15.5 Å². The van der Waals surface area contributed by atoms with Crippen LogP contribution >= 0.6 is 27.5 Å². The van der Waals surface area contributed by atoms with E-state index in [2.05, 4.69) is 31.4 Å². The second-order valence-electron chi connectivity index (χ2n) is 4.83. The first-order valence-corrected chi connectivity index (χ1v) is 8.15. The minimum Gasteiger partial charge on any atom is -0.455 e. The van der Waals surface area contributed by atoms with Gasteiger partial charge in [-0.1, -0.05) is 17.7 Å². The van der Waals surface area contributed by atoms with E-state index in [0.717, 1.165) is 10.0 Å². The standard InChI is InChI=1S/C16H10BrClN4O3/c17-12-5-3-10(8-13(12)18)15-6-4-11(25-15)9-20-21-16-14(22(23)24)2-1-7-19-16/h1-9H,(H,19,21)/b20-9-. The molecule has 0 saturated heterocycles. The Hall–Kier alpha value is -2.71. The topological polar surface area (TPSA) is 93.6 Å². The molecule has 7 nitrogen and oxygen atoms in total. The molecule has 0 bridgehead atoms. The molecule has 3 rings (SSSR count). The number of rotatable bonds is 5. The molecule has 25 heavy (non-hydrogen) atoms.